The van der Waals surface area contributed by atoms with Crippen LogP contribution in [0.2, 0.25) is 5.02 Å². The Bertz CT molecular complexity index is 1080. The predicted molar refractivity (Wildman–Crippen MR) is 92.4 cm³/mol. The fraction of sp³-hybridized carbons (Fsp3) is 0.200. The first kappa shape index (κ1) is 19.2. The summed E-state index contributed by atoms with van der Waals surface area (Å²) < 4.78 is 43.7. The molecule has 0 saturated carbocycles. The fourth-order valence-electron chi connectivity index (χ4n) is 2.20. The zero-order chi connectivity index (χ0) is 19.8. The van der Waals surface area contributed by atoms with E-state index >= 15 is 0 Å². The largest absolute Gasteiger partial charge is 0.462 e. The van der Waals surface area contributed by atoms with Gasteiger partial charge in [0.2, 0.25) is 5.95 Å². The molecule has 1 N–H and O–H groups in total. The molecule has 27 heavy (non-hydrogen) atoms. The number of aromatic amines is 1. The molecule has 0 radical (unpaired) electrons. The maximum Gasteiger partial charge on any atom is 0.446 e. The Balaban J connectivity index is 2.04. The third-order valence-electron chi connectivity index (χ3n) is 3.28. The number of ether oxygens (including phenoxy) is 1. The summed E-state index contributed by atoms with van der Waals surface area (Å²) in [6, 6.07) is 2.19. The molecule has 0 aliphatic rings. The Hall–Kier alpha value is -2.53. The second-order valence-corrected chi connectivity index (χ2v) is 6.65. The van der Waals surface area contributed by atoms with E-state index in [4.69, 9.17) is 16.3 Å². The van der Waals surface area contributed by atoms with Crippen LogP contribution in [0, 0.1) is 0 Å². The molecular weight excluding hydrogens is 409 g/mol. The highest BCUT2D eigenvalue weighted by molar-refractivity contribution is 8.00. The highest BCUT2D eigenvalue weighted by atomic mass is 35.5. The summed E-state index contributed by atoms with van der Waals surface area (Å²) in [5.41, 5.74) is -4.99. The summed E-state index contributed by atoms with van der Waals surface area (Å²) in [6.07, 6.45) is 2.54. The number of hydrogen-bond acceptors (Lipinski definition) is 6. The smallest absolute Gasteiger partial charge is 0.446 e. The van der Waals surface area contributed by atoms with E-state index in [1.54, 1.807) is 6.92 Å². The number of esters is 1. The van der Waals surface area contributed by atoms with Gasteiger partial charge in [-0.25, -0.2) is 14.5 Å². The van der Waals surface area contributed by atoms with Gasteiger partial charge in [0.05, 0.1) is 34.3 Å². The van der Waals surface area contributed by atoms with E-state index in [1.165, 1.54) is 18.5 Å². The van der Waals surface area contributed by atoms with Gasteiger partial charge in [-0.05, 0) is 30.8 Å². The number of halogens is 4. The Morgan fingerprint density at radius 3 is 2.81 bits per heavy atom. The molecule has 0 amide bonds. The molecule has 1 aromatic carbocycles. The molecule has 142 valence electrons. The van der Waals surface area contributed by atoms with Gasteiger partial charge in [-0.1, -0.05) is 11.6 Å². The lowest BCUT2D eigenvalue weighted by Gasteiger charge is -2.09. The van der Waals surface area contributed by atoms with E-state index in [0.29, 0.717) is 0 Å². The lowest BCUT2D eigenvalue weighted by atomic mass is 10.2. The summed E-state index contributed by atoms with van der Waals surface area (Å²) in [4.78, 5) is 30.2. The molecule has 3 aromatic rings. The van der Waals surface area contributed by atoms with Gasteiger partial charge < -0.3 is 4.74 Å². The summed E-state index contributed by atoms with van der Waals surface area (Å²) in [6.45, 7) is 1.84. The Labute approximate surface area is 158 Å². The van der Waals surface area contributed by atoms with E-state index in [0.717, 1.165) is 10.7 Å². The van der Waals surface area contributed by atoms with Crippen molar-refractivity contribution >= 4 is 40.2 Å². The van der Waals surface area contributed by atoms with Gasteiger partial charge in [-0.2, -0.15) is 18.3 Å². The molecule has 0 bridgehead atoms. The van der Waals surface area contributed by atoms with Gasteiger partial charge in [-0.15, -0.1) is 0 Å². The van der Waals surface area contributed by atoms with Crippen LogP contribution in [-0.2, 0) is 4.74 Å². The number of hydrogen-bond donors (Lipinski definition) is 1. The number of carbonyl (C=O) groups is 1. The minimum Gasteiger partial charge on any atom is -0.462 e. The van der Waals surface area contributed by atoms with Crippen LogP contribution in [-0.4, -0.2) is 37.8 Å². The van der Waals surface area contributed by atoms with Gasteiger partial charge in [0.25, 0.3) is 5.56 Å². The number of H-pyrrole nitrogens is 1. The normalized spacial score (nSPS) is 11.7. The van der Waals surface area contributed by atoms with Gasteiger partial charge in [0.1, 0.15) is 0 Å². The molecule has 2 aromatic heterocycles. The molecule has 0 aliphatic carbocycles. The molecule has 0 unspecified atom stereocenters. The molecule has 0 aliphatic heterocycles. The number of alkyl halides is 3. The number of aromatic nitrogens is 4. The molecule has 0 atom stereocenters. The average molecular weight is 419 g/mol. The molecule has 0 spiro atoms. The van der Waals surface area contributed by atoms with Gasteiger partial charge >= 0.3 is 11.5 Å². The fourth-order valence-corrected chi connectivity index (χ4v) is 3.05. The number of fused-ring (bicyclic) bond motifs is 1. The van der Waals surface area contributed by atoms with Crippen molar-refractivity contribution in [2.75, 3.05) is 6.61 Å². The molecule has 2 heterocycles. The van der Waals surface area contributed by atoms with Crippen LogP contribution < -0.4 is 5.56 Å². The second-order valence-electron chi connectivity index (χ2n) is 5.13. The zero-order valence-electron chi connectivity index (χ0n) is 13.5. The van der Waals surface area contributed by atoms with Crippen LogP contribution in [0.3, 0.4) is 0 Å². The molecular formula is C15H10ClF3N4O3S. The Morgan fingerprint density at radius 2 is 2.15 bits per heavy atom. The molecule has 0 fully saturated rings. The number of carbonyl (C=O) groups excluding carboxylic acids is 1. The first-order valence-corrected chi connectivity index (χ1v) is 8.59. The van der Waals surface area contributed by atoms with Crippen molar-refractivity contribution in [1.29, 1.82) is 0 Å². The van der Waals surface area contributed by atoms with Crippen LogP contribution >= 0.6 is 23.4 Å². The highest BCUT2D eigenvalue weighted by Gasteiger charge is 2.30. The quantitative estimate of drug-likeness (QED) is 0.515. The van der Waals surface area contributed by atoms with Crippen molar-refractivity contribution in [2.45, 2.75) is 17.3 Å². The lowest BCUT2D eigenvalue weighted by molar-refractivity contribution is -0.0328. The van der Waals surface area contributed by atoms with E-state index in [9.17, 15) is 22.8 Å². The minimum absolute atomic E-state index is 0.0321. The minimum atomic E-state index is -4.55. The topological polar surface area (TPSA) is 89.9 Å². The van der Waals surface area contributed by atoms with Crippen molar-refractivity contribution in [1.82, 2.24) is 19.7 Å². The second kappa shape index (κ2) is 7.24. The maximum atomic E-state index is 12.6. The third kappa shape index (κ3) is 4.25. The van der Waals surface area contributed by atoms with Gasteiger partial charge in [0.15, 0.2) is 0 Å². The lowest BCUT2D eigenvalue weighted by Crippen LogP contribution is -2.14. The Morgan fingerprint density at radius 1 is 1.41 bits per heavy atom. The maximum absolute atomic E-state index is 12.6. The summed E-state index contributed by atoms with van der Waals surface area (Å²) in [7, 11) is 0. The van der Waals surface area contributed by atoms with Gasteiger partial charge in [0, 0.05) is 11.1 Å². The molecule has 12 heteroatoms. The van der Waals surface area contributed by atoms with E-state index < -0.39 is 28.8 Å². The van der Waals surface area contributed by atoms with Crippen LogP contribution in [0.5, 0.6) is 0 Å². The van der Waals surface area contributed by atoms with Crippen molar-refractivity contribution in [3.8, 4) is 5.95 Å². The number of thioether (sulfide) groups is 1. The van der Waals surface area contributed by atoms with E-state index in [2.05, 4.69) is 15.1 Å². The first-order chi connectivity index (χ1) is 12.7. The van der Waals surface area contributed by atoms with Crippen molar-refractivity contribution in [2.24, 2.45) is 0 Å². The van der Waals surface area contributed by atoms with E-state index in [-0.39, 0.29) is 38.9 Å². The SMILES string of the molecule is CCOC(=O)c1cnn(-c2nc3cc(Cl)c(SC(F)(F)F)cc3c(=O)[nH]2)c1. The van der Waals surface area contributed by atoms with Crippen molar-refractivity contribution in [3.63, 3.8) is 0 Å². The van der Waals surface area contributed by atoms with Crippen LogP contribution in [0.25, 0.3) is 16.9 Å². The molecule has 3 rings (SSSR count). The van der Waals surface area contributed by atoms with Crippen LogP contribution in [0.1, 0.15) is 17.3 Å². The van der Waals surface area contributed by atoms with E-state index in [1.807, 2.05) is 0 Å². The van der Waals surface area contributed by atoms with Crippen LogP contribution in [0.4, 0.5) is 13.2 Å². The van der Waals surface area contributed by atoms with Crippen molar-refractivity contribution < 1.29 is 22.7 Å². The summed E-state index contributed by atoms with van der Waals surface area (Å²) in [5.74, 6) is -0.626. The molecule has 0 saturated heterocycles. The zero-order valence-corrected chi connectivity index (χ0v) is 15.1. The molecule has 7 nitrogen and oxygen atoms in total. The number of rotatable bonds is 4. The number of benzene rings is 1. The standard InChI is InChI=1S/C15H10ClF3N4O3S/c1-2-26-13(25)7-5-20-23(6-7)14-21-10-4-9(16)11(27-15(17,18)19)3-8(10)12(24)22-14/h3-6H,2H2,1H3,(H,21,22,24). The summed E-state index contributed by atoms with van der Waals surface area (Å²) >= 11 is 5.46. The van der Waals surface area contributed by atoms with Gasteiger partial charge in [-0.3, -0.25) is 9.78 Å². The number of nitrogens with zero attached hydrogens (tertiary/aromatic N) is 3. The first-order valence-electron chi connectivity index (χ1n) is 7.39. The van der Waals surface area contributed by atoms with Crippen molar-refractivity contribution in [3.05, 3.63) is 45.5 Å². The third-order valence-corrected chi connectivity index (χ3v) is 4.50. The average Bonchev–Trinajstić information content (AvgIpc) is 3.05. The monoisotopic (exact) mass is 418 g/mol. The highest BCUT2D eigenvalue weighted by Crippen LogP contribution is 2.41. The summed E-state index contributed by atoms with van der Waals surface area (Å²) in [5, 5.41) is 3.67. The van der Waals surface area contributed by atoms with Crippen LogP contribution in [0.15, 0.2) is 34.2 Å². The Kier molecular flexibility index (Phi) is 5.16. The predicted octanol–water partition coefficient (Wildman–Crippen LogP) is 3.55. The number of nitrogens with one attached hydrogen (secondary N) is 1.